The summed E-state index contributed by atoms with van der Waals surface area (Å²) in [6.07, 6.45) is 17.8. The van der Waals surface area contributed by atoms with E-state index in [1.54, 1.807) is 13.8 Å². The minimum atomic E-state index is -0.309. The number of nitrogens with zero attached hydrogens (tertiary/aromatic N) is 3. The van der Waals surface area contributed by atoms with E-state index in [-0.39, 0.29) is 113 Å². The second kappa shape index (κ2) is 45.8. The Balaban J connectivity index is -0.000000220. The summed E-state index contributed by atoms with van der Waals surface area (Å²) >= 11 is 5.85. The molecule has 8 atom stereocenters. The van der Waals surface area contributed by atoms with Gasteiger partial charge in [0.2, 0.25) is 0 Å². The third-order valence-electron chi connectivity index (χ3n) is 23.7. The Morgan fingerprint density at radius 3 is 0.920 bits per heavy atom. The first-order chi connectivity index (χ1) is 37.0. The van der Waals surface area contributed by atoms with E-state index in [1.165, 1.54) is 61.7 Å². The molecule has 0 spiro atoms. The monoisotopic (exact) mass is 1370 g/mol. The number of hydrogen-bond acceptors (Lipinski definition) is 6. The molecule has 3 heterocycles. The van der Waals surface area contributed by atoms with Crippen LogP contribution in [0.4, 0.5) is 0 Å². The van der Waals surface area contributed by atoms with Gasteiger partial charge in [0.25, 0.3) is 0 Å². The molecule has 1 aromatic carbocycles. The molecule has 6 fully saturated rings. The Kier molecular flexibility index (Phi) is 50.9. The number of benzene rings is 1. The van der Waals surface area contributed by atoms with Crippen LogP contribution in [0.2, 0.25) is 0 Å². The van der Waals surface area contributed by atoms with Crippen molar-refractivity contribution in [1.29, 1.82) is 0 Å². The number of dihydropyridines is 3. The number of fused-ring (bicyclic) bond motifs is 3. The van der Waals surface area contributed by atoms with Gasteiger partial charge >= 0.3 is 51.2 Å². The standard InChI is InChI=1S/2C11H15NO.C11H16O.3C10H20.C9H12ClN.6CH3.3Fe/c2*1-7-6-11(8(2)13)12-10-5-3-4-9(7)10;1-3-9(2)11(12)10-7-5-4-6-8-10;3*1-6-7(2)9(4)10(5)8(6)3;1-6-5-9(10)11-8-4-2-3-7(6)8;;;;;;;;;/h2*6,9-10H,3-5H2,1-2H3;4-9,11-12H,3H2,1-2H3;3*6-10H,1-5H3;5,7-8H,2-4H2,1H3;6*1H3;;;/q;;;;;;;6*-1;3*+2. The molecular weight excluding hydrogens is 1230 g/mol. The number of Topliss-reactive ketones (excluding diaryl/α,β-unsaturated/α-hetero) is 2. The molecule has 512 valence electrons. The normalized spacial score (nSPS) is 35.1. The fourth-order valence-corrected chi connectivity index (χ4v) is 15.5. The van der Waals surface area contributed by atoms with E-state index < -0.39 is 0 Å². The summed E-state index contributed by atoms with van der Waals surface area (Å²) in [4.78, 5) is 35.7. The summed E-state index contributed by atoms with van der Waals surface area (Å²) < 4.78 is 0. The number of rotatable bonds is 5. The van der Waals surface area contributed by atoms with Gasteiger partial charge in [-0.15, -0.1) is 0 Å². The SMILES string of the molecule is CC(=O)C1=NC2CCCC2C(C)=C1.CC(=O)C1=NC2CCCC2C(C)=C1.CC1=CC(Cl)=NC2CCCC12.CC1C(C)C(C)C(C)C1C.CC1C(C)C(C)C(C)C1C.CC1C(C)C(C)C(C)C1C.CCC(C)C(O)c1ccccc1.[CH3-].[CH3-].[CH3-].[CH3-].[CH3-].[CH3-].[Fe+2].[Fe+2].[Fe+2]. The van der Waals surface area contributed by atoms with Crippen molar-refractivity contribution in [2.45, 2.75) is 241 Å². The van der Waals surface area contributed by atoms with Crippen LogP contribution in [0.25, 0.3) is 0 Å². The topological polar surface area (TPSA) is 91.5 Å². The summed E-state index contributed by atoms with van der Waals surface area (Å²) in [6, 6.07) is 11.1. The molecule has 10 rings (SSSR count). The minimum Gasteiger partial charge on any atom is -0.388 e. The van der Waals surface area contributed by atoms with Crippen molar-refractivity contribution < 1.29 is 65.9 Å². The zero-order chi connectivity index (χ0) is 59.3. The molecule has 88 heavy (non-hydrogen) atoms. The van der Waals surface area contributed by atoms with Gasteiger partial charge in [0, 0.05) is 31.6 Å². The molecule has 8 unspecified atom stereocenters. The maximum absolute atomic E-state index is 11.2. The smallest absolute Gasteiger partial charge is 0.388 e. The number of allylic oxidation sites excluding steroid dienone is 3. The number of ketones is 2. The molecule has 3 aliphatic heterocycles. The van der Waals surface area contributed by atoms with Crippen molar-refractivity contribution >= 4 is 39.8 Å². The van der Waals surface area contributed by atoms with E-state index in [4.69, 9.17) is 11.6 Å². The van der Waals surface area contributed by atoms with Crippen LogP contribution in [0.5, 0.6) is 0 Å². The number of carbonyl (C=O) groups excluding carboxylic acids is 2. The quantitative estimate of drug-likeness (QED) is 0.235. The van der Waals surface area contributed by atoms with Crippen molar-refractivity contribution in [2.24, 2.45) is 127 Å². The average Bonchev–Trinajstić information content (AvgIpc) is 4.32. The summed E-state index contributed by atoms with van der Waals surface area (Å²) in [7, 11) is 0. The van der Waals surface area contributed by atoms with E-state index in [1.807, 2.05) is 48.6 Å². The molecule has 1 aromatic rings. The van der Waals surface area contributed by atoms with Crippen LogP contribution >= 0.6 is 11.6 Å². The fourth-order valence-electron chi connectivity index (χ4n) is 15.2. The first-order valence-corrected chi connectivity index (χ1v) is 32.6. The number of aliphatic hydroxyl groups is 1. The van der Waals surface area contributed by atoms with E-state index in [0.717, 1.165) is 114 Å². The van der Waals surface area contributed by atoms with Crippen molar-refractivity contribution in [3.05, 3.63) is 115 Å². The van der Waals surface area contributed by atoms with Gasteiger partial charge in [0.1, 0.15) is 16.6 Å². The zero-order valence-electron chi connectivity index (χ0n) is 61.5. The number of aliphatic hydroxyl groups excluding tert-OH is 1. The summed E-state index contributed by atoms with van der Waals surface area (Å²) in [5.41, 5.74) is 6.51. The number of aliphatic imine (C=N–C) groups is 3. The largest absolute Gasteiger partial charge is 2.00 e. The van der Waals surface area contributed by atoms with E-state index in [0.29, 0.717) is 58.4 Å². The number of halogens is 1. The van der Waals surface area contributed by atoms with Gasteiger partial charge in [0.05, 0.1) is 24.2 Å². The van der Waals surface area contributed by atoms with Crippen LogP contribution in [0.3, 0.4) is 0 Å². The molecule has 0 radical (unpaired) electrons. The van der Waals surface area contributed by atoms with Crippen molar-refractivity contribution in [1.82, 2.24) is 0 Å². The molecule has 6 saturated carbocycles. The predicted octanol–water partition coefficient (Wildman–Crippen LogP) is 22.0. The molecule has 0 saturated heterocycles. The number of hydrogen-bond donors (Lipinski definition) is 1. The van der Waals surface area contributed by atoms with Gasteiger partial charge in [-0.2, -0.15) is 0 Å². The second-order valence-electron chi connectivity index (χ2n) is 27.7. The maximum Gasteiger partial charge on any atom is 2.00 e. The number of carbonyl (C=O) groups is 2. The van der Waals surface area contributed by atoms with Gasteiger partial charge in [-0.05, 0) is 178 Å². The molecule has 0 aromatic heterocycles. The molecule has 9 aliphatic rings. The zero-order valence-corrected chi connectivity index (χ0v) is 65.6. The Morgan fingerprint density at radius 2 is 0.682 bits per heavy atom. The maximum atomic E-state index is 11.2. The van der Waals surface area contributed by atoms with E-state index in [2.05, 4.69) is 153 Å². The third kappa shape index (κ3) is 26.1. The summed E-state index contributed by atoms with van der Waals surface area (Å²) in [5.74, 6) is 16.5. The third-order valence-corrected chi connectivity index (χ3v) is 23.9. The van der Waals surface area contributed by atoms with Crippen molar-refractivity contribution in [2.75, 3.05) is 0 Å². The van der Waals surface area contributed by atoms with Crippen LogP contribution in [-0.4, -0.2) is 51.4 Å². The van der Waals surface area contributed by atoms with Crippen molar-refractivity contribution in [3.63, 3.8) is 0 Å². The Labute approximate surface area is 585 Å². The molecule has 0 amide bonds. The molecule has 0 bridgehead atoms. The van der Waals surface area contributed by atoms with Gasteiger partial charge in [-0.1, -0.05) is 202 Å². The van der Waals surface area contributed by atoms with Crippen molar-refractivity contribution in [3.8, 4) is 0 Å². The molecule has 6 nitrogen and oxygen atoms in total. The summed E-state index contributed by atoms with van der Waals surface area (Å²) in [6.45, 7) is 49.7. The van der Waals surface area contributed by atoms with E-state index in [9.17, 15) is 14.7 Å². The first kappa shape index (κ1) is 97.7. The average molecular weight is 1370 g/mol. The fraction of sp³-hybridized carbons (Fsp3) is 0.705. The molecule has 1 N–H and O–H groups in total. The second-order valence-corrected chi connectivity index (χ2v) is 28.1. The predicted molar refractivity (Wildman–Crippen MR) is 381 cm³/mol. The van der Waals surface area contributed by atoms with Crippen LogP contribution in [-0.2, 0) is 60.8 Å². The Bertz CT molecular complexity index is 2030. The first-order valence-electron chi connectivity index (χ1n) is 32.2. The van der Waals surface area contributed by atoms with Crippen LogP contribution in [0.1, 0.15) is 228 Å². The van der Waals surface area contributed by atoms with Gasteiger partial charge < -0.3 is 49.7 Å². The van der Waals surface area contributed by atoms with Gasteiger partial charge in [-0.3, -0.25) is 24.6 Å². The Hall–Kier alpha value is -1.40. The molecular formula is C78H136ClFe3N3O3. The summed E-state index contributed by atoms with van der Waals surface area (Å²) in [5, 5.41) is 10.5. The van der Waals surface area contributed by atoms with E-state index >= 15 is 0 Å². The minimum absolute atomic E-state index is 0. The van der Waals surface area contributed by atoms with Crippen LogP contribution in [0.15, 0.2) is 80.3 Å². The Morgan fingerprint density at radius 1 is 0.443 bits per heavy atom. The molecule has 6 aliphatic carbocycles. The van der Waals surface area contributed by atoms with Gasteiger partial charge in [0.15, 0.2) is 11.6 Å². The van der Waals surface area contributed by atoms with Gasteiger partial charge in [-0.25, -0.2) is 0 Å². The van der Waals surface area contributed by atoms with Crippen LogP contribution in [0, 0.1) is 157 Å². The van der Waals surface area contributed by atoms with Crippen LogP contribution < -0.4 is 0 Å². The molecule has 10 heteroatoms.